The van der Waals surface area contributed by atoms with Crippen LogP contribution in [0.25, 0.3) is 0 Å². The van der Waals surface area contributed by atoms with E-state index in [0.717, 1.165) is 0 Å². The Kier molecular flexibility index (Phi) is 5.41. The van der Waals surface area contributed by atoms with E-state index in [0.29, 0.717) is 12.8 Å². The molecule has 1 rings (SSSR count). The van der Waals surface area contributed by atoms with E-state index in [1.807, 2.05) is 0 Å². The monoisotopic (exact) mass is 331 g/mol. The molecule has 0 aliphatic heterocycles. The summed E-state index contributed by atoms with van der Waals surface area (Å²) in [7, 11) is 0. The fraction of sp³-hybridized carbons (Fsp3) is 0.917. The minimum atomic E-state index is -2.07. The molecule has 1 aliphatic carbocycles. The van der Waals surface area contributed by atoms with Gasteiger partial charge in [0, 0.05) is 0 Å². The van der Waals surface area contributed by atoms with Crippen molar-refractivity contribution in [3.8, 4) is 0 Å². The number of nitrogens with one attached hydrogen (secondary N) is 1. The van der Waals surface area contributed by atoms with E-state index in [-0.39, 0.29) is 11.3 Å². The summed E-state index contributed by atoms with van der Waals surface area (Å²) in [5.41, 5.74) is -0.0376. The van der Waals surface area contributed by atoms with Crippen LogP contribution in [0.2, 0.25) is 0 Å². The first-order chi connectivity index (χ1) is 8.43. The number of carbonyl (C=O) groups is 1. The molecule has 0 aromatic rings. The lowest BCUT2D eigenvalue weighted by molar-refractivity contribution is -0.125. The Hall–Kier alpha value is 0.260. The highest BCUT2D eigenvalue weighted by molar-refractivity contribution is 6.76. The van der Waals surface area contributed by atoms with Crippen molar-refractivity contribution in [3.63, 3.8) is 0 Å². The minimum absolute atomic E-state index is 0.0376. The molecule has 112 valence electrons. The Morgan fingerprint density at radius 3 is 2.11 bits per heavy atom. The van der Waals surface area contributed by atoms with Crippen molar-refractivity contribution in [1.82, 2.24) is 5.32 Å². The van der Waals surface area contributed by atoms with Gasteiger partial charge in [-0.25, -0.2) is 0 Å². The molecule has 1 aliphatic rings. The van der Waals surface area contributed by atoms with Crippen molar-refractivity contribution < 1.29 is 15.0 Å². The molecule has 7 heteroatoms. The van der Waals surface area contributed by atoms with Gasteiger partial charge in [0.2, 0.25) is 0 Å². The van der Waals surface area contributed by atoms with Gasteiger partial charge < -0.3 is 15.5 Å². The molecule has 0 heterocycles. The smallest absolute Gasteiger partial charge is 0.272 e. The van der Waals surface area contributed by atoms with Crippen molar-refractivity contribution in [2.75, 3.05) is 0 Å². The van der Waals surface area contributed by atoms with Crippen molar-refractivity contribution in [2.24, 2.45) is 11.3 Å². The molecule has 0 unspecified atom stereocenters. The van der Waals surface area contributed by atoms with Crippen LogP contribution in [0, 0.1) is 11.3 Å². The first-order valence-electron chi connectivity index (χ1n) is 6.16. The van der Waals surface area contributed by atoms with Gasteiger partial charge in [-0.05, 0) is 24.2 Å². The van der Waals surface area contributed by atoms with E-state index in [4.69, 9.17) is 34.8 Å². The molecule has 0 saturated heterocycles. The summed E-state index contributed by atoms with van der Waals surface area (Å²) >= 11 is 16.5. The van der Waals surface area contributed by atoms with Gasteiger partial charge in [-0.3, -0.25) is 4.79 Å². The van der Waals surface area contributed by atoms with E-state index in [2.05, 4.69) is 26.1 Å². The average molecular weight is 333 g/mol. The van der Waals surface area contributed by atoms with Gasteiger partial charge in [-0.15, -0.1) is 0 Å². The van der Waals surface area contributed by atoms with Crippen molar-refractivity contribution in [3.05, 3.63) is 0 Å². The molecular formula is C12H20Cl3NO3. The molecule has 0 radical (unpaired) electrons. The highest BCUT2D eigenvalue weighted by Crippen LogP contribution is 2.38. The number of rotatable bonds is 1. The van der Waals surface area contributed by atoms with E-state index in [1.54, 1.807) is 0 Å². The summed E-state index contributed by atoms with van der Waals surface area (Å²) in [6.45, 7) is 6.15. The van der Waals surface area contributed by atoms with Gasteiger partial charge in [0.1, 0.15) is 6.10 Å². The molecule has 4 nitrogen and oxygen atoms in total. The maximum absolute atomic E-state index is 11.6. The molecular weight excluding hydrogens is 312 g/mol. The molecule has 1 saturated carbocycles. The Balaban J connectivity index is 2.78. The number of hydrogen-bond donors (Lipinski definition) is 3. The summed E-state index contributed by atoms with van der Waals surface area (Å²) in [5.74, 6) is -0.630. The lowest BCUT2D eigenvalue weighted by Crippen LogP contribution is -2.56. The highest BCUT2D eigenvalue weighted by Gasteiger charge is 2.42. The molecule has 1 fully saturated rings. The van der Waals surface area contributed by atoms with Crippen LogP contribution in [-0.2, 0) is 4.79 Å². The zero-order chi connectivity index (χ0) is 15.0. The van der Waals surface area contributed by atoms with Gasteiger partial charge in [0.25, 0.3) is 9.70 Å². The number of amides is 1. The zero-order valence-corrected chi connectivity index (χ0v) is 13.4. The minimum Gasteiger partial charge on any atom is -0.390 e. The Labute approximate surface area is 128 Å². The average Bonchev–Trinajstić information content (AvgIpc) is 2.21. The largest absolute Gasteiger partial charge is 0.390 e. The maximum Gasteiger partial charge on any atom is 0.272 e. The van der Waals surface area contributed by atoms with Crippen LogP contribution in [-0.4, -0.2) is 38.2 Å². The van der Waals surface area contributed by atoms with Crippen LogP contribution in [0.3, 0.4) is 0 Å². The lowest BCUT2D eigenvalue weighted by Gasteiger charge is -2.43. The van der Waals surface area contributed by atoms with Crippen molar-refractivity contribution in [2.45, 2.75) is 55.7 Å². The highest BCUT2D eigenvalue weighted by atomic mass is 35.6. The first kappa shape index (κ1) is 17.3. The van der Waals surface area contributed by atoms with E-state index in [1.165, 1.54) is 0 Å². The number of alkyl halides is 3. The molecule has 0 bridgehead atoms. The number of hydrogen-bond acceptors (Lipinski definition) is 3. The topological polar surface area (TPSA) is 69.6 Å². The Morgan fingerprint density at radius 1 is 1.16 bits per heavy atom. The van der Waals surface area contributed by atoms with Crippen LogP contribution < -0.4 is 5.32 Å². The Morgan fingerprint density at radius 2 is 1.68 bits per heavy atom. The van der Waals surface area contributed by atoms with E-state index >= 15 is 0 Å². The third-order valence-corrected chi connectivity index (χ3v) is 4.18. The van der Waals surface area contributed by atoms with Gasteiger partial charge in [-0.1, -0.05) is 55.6 Å². The van der Waals surface area contributed by atoms with Crippen molar-refractivity contribution in [1.29, 1.82) is 0 Å². The SMILES string of the molecule is CC(C)(C)[C@H]1C[C@@H](O)[C@@H](O)[C@@H](NC(=O)C(Cl)(Cl)Cl)C1. The van der Waals surface area contributed by atoms with Crippen LogP contribution >= 0.6 is 34.8 Å². The van der Waals surface area contributed by atoms with Crippen molar-refractivity contribution >= 4 is 40.7 Å². The number of aliphatic hydroxyl groups is 2. The fourth-order valence-corrected chi connectivity index (χ4v) is 2.51. The number of aliphatic hydroxyl groups excluding tert-OH is 2. The van der Waals surface area contributed by atoms with E-state index < -0.39 is 27.9 Å². The lowest BCUT2D eigenvalue weighted by atomic mass is 9.69. The molecule has 1 amide bonds. The van der Waals surface area contributed by atoms with E-state index in [9.17, 15) is 15.0 Å². The summed E-state index contributed by atoms with van der Waals surface area (Å²) in [4.78, 5) is 11.6. The fourth-order valence-electron chi connectivity index (χ4n) is 2.34. The van der Waals surface area contributed by atoms with Gasteiger partial charge >= 0.3 is 0 Å². The summed E-state index contributed by atoms with van der Waals surface area (Å²) in [5, 5.41) is 22.3. The van der Waals surface area contributed by atoms with Crippen LogP contribution in [0.5, 0.6) is 0 Å². The molecule has 3 N–H and O–H groups in total. The number of carbonyl (C=O) groups excluding carboxylic acids is 1. The second-order valence-electron chi connectivity index (χ2n) is 6.17. The molecule has 4 atom stereocenters. The molecule has 19 heavy (non-hydrogen) atoms. The quantitative estimate of drug-likeness (QED) is 0.643. The molecule has 0 aromatic heterocycles. The van der Waals surface area contributed by atoms with Crippen LogP contribution in [0.15, 0.2) is 0 Å². The van der Waals surface area contributed by atoms with Crippen LogP contribution in [0.1, 0.15) is 33.6 Å². The van der Waals surface area contributed by atoms with Crippen LogP contribution in [0.4, 0.5) is 0 Å². The summed E-state index contributed by atoms with van der Waals surface area (Å²) in [6.07, 6.45) is -0.910. The second kappa shape index (κ2) is 5.94. The first-order valence-corrected chi connectivity index (χ1v) is 7.30. The summed E-state index contributed by atoms with van der Waals surface area (Å²) in [6, 6.07) is -0.615. The molecule has 0 aromatic carbocycles. The standard InChI is InChI=1S/C12H20Cl3NO3/c1-11(2,3)6-4-7(9(18)8(17)5-6)16-10(19)12(13,14)15/h6-9,17-18H,4-5H2,1-3H3,(H,16,19)/t6-,7+,8-,9+/m1/s1. The zero-order valence-electron chi connectivity index (χ0n) is 11.2. The second-order valence-corrected chi connectivity index (χ2v) is 8.45. The Bertz CT molecular complexity index is 338. The van der Waals surface area contributed by atoms with Gasteiger partial charge in [0.05, 0.1) is 12.1 Å². The summed E-state index contributed by atoms with van der Waals surface area (Å²) < 4.78 is -2.07. The van der Waals surface area contributed by atoms with Gasteiger partial charge in [-0.2, -0.15) is 0 Å². The number of halogens is 3. The normalized spacial score (nSPS) is 33.1. The van der Waals surface area contributed by atoms with Gasteiger partial charge in [0.15, 0.2) is 0 Å². The maximum atomic E-state index is 11.6. The predicted molar refractivity (Wildman–Crippen MR) is 76.4 cm³/mol. The predicted octanol–water partition coefficient (Wildman–Crippen LogP) is 2.02. The third kappa shape index (κ3) is 4.64. The third-order valence-electron chi connectivity index (χ3n) is 3.67. The molecule has 0 spiro atoms.